The Bertz CT molecular complexity index is 882. The van der Waals surface area contributed by atoms with Gasteiger partial charge in [-0.05, 0) is 42.5 Å². The molecular formula is C23H34ClFN2O3Si. The molecule has 0 spiro atoms. The highest BCUT2D eigenvalue weighted by Gasteiger charge is 2.43. The second kappa shape index (κ2) is 10.1. The van der Waals surface area contributed by atoms with Crippen LogP contribution in [0.4, 0.5) is 10.1 Å². The van der Waals surface area contributed by atoms with E-state index in [4.69, 9.17) is 22.1 Å². The van der Waals surface area contributed by atoms with Crippen molar-refractivity contribution in [3.8, 4) is 17.2 Å². The smallest absolute Gasteiger partial charge is 0.303 e. The number of anilines is 1. The SMILES string of the molecule is COc1cc(F)c(N(C(=O)C#C[Si](C(C)C)(C(C)C)C(C)C)C(C)(C)C(N)=O)cc1Cl. The van der Waals surface area contributed by atoms with Crippen LogP contribution in [0.5, 0.6) is 5.75 Å². The first-order valence-electron chi connectivity index (χ1n) is 10.3. The fourth-order valence-corrected chi connectivity index (χ4v) is 9.70. The summed E-state index contributed by atoms with van der Waals surface area (Å²) in [6, 6.07) is 2.32. The number of amides is 2. The molecule has 0 fully saturated rings. The lowest BCUT2D eigenvalue weighted by atomic mass is 10.00. The Morgan fingerprint density at radius 3 is 2.00 bits per heavy atom. The summed E-state index contributed by atoms with van der Waals surface area (Å²) in [6.07, 6.45) is 0. The van der Waals surface area contributed by atoms with E-state index in [1.807, 2.05) is 0 Å². The molecule has 0 atom stereocenters. The van der Waals surface area contributed by atoms with Crippen LogP contribution in [0.1, 0.15) is 55.4 Å². The van der Waals surface area contributed by atoms with Crippen molar-refractivity contribution < 1.29 is 18.7 Å². The van der Waals surface area contributed by atoms with Gasteiger partial charge in [-0.25, -0.2) is 4.39 Å². The number of nitrogens with two attached hydrogens (primary N) is 1. The van der Waals surface area contributed by atoms with E-state index in [9.17, 15) is 14.0 Å². The van der Waals surface area contributed by atoms with E-state index in [0.717, 1.165) is 11.0 Å². The predicted octanol–water partition coefficient (Wildman–Crippen LogP) is 5.31. The Labute approximate surface area is 191 Å². The van der Waals surface area contributed by atoms with Gasteiger partial charge in [0, 0.05) is 6.07 Å². The number of methoxy groups -OCH3 is 1. The number of nitrogens with zero attached hydrogens (tertiary/aromatic N) is 1. The second-order valence-corrected chi connectivity index (χ2v) is 15.1. The molecule has 0 bridgehead atoms. The van der Waals surface area contributed by atoms with Crippen molar-refractivity contribution in [2.24, 2.45) is 5.73 Å². The van der Waals surface area contributed by atoms with E-state index in [1.54, 1.807) is 0 Å². The average Bonchev–Trinajstić information content (AvgIpc) is 2.63. The topological polar surface area (TPSA) is 72.6 Å². The molecule has 0 radical (unpaired) electrons. The molecule has 1 aromatic rings. The standard InChI is InChI=1S/C23H34ClFN2O3Si/c1-14(2)31(15(3)4,16(5)6)11-10-21(28)27(23(7,8)22(26)29)19-12-17(24)20(30-9)13-18(19)25/h12-16H,1-9H3,(H2,26,29). The summed E-state index contributed by atoms with van der Waals surface area (Å²) >= 11 is 6.18. The first kappa shape index (κ1) is 27.0. The number of carbonyl (C=O) groups is 2. The number of ether oxygens (including phenoxy) is 1. The van der Waals surface area contributed by atoms with Gasteiger partial charge < -0.3 is 10.5 Å². The molecule has 0 aromatic heterocycles. The minimum Gasteiger partial charge on any atom is -0.495 e. The second-order valence-electron chi connectivity index (χ2n) is 9.15. The molecule has 0 saturated carbocycles. The van der Waals surface area contributed by atoms with Crippen LogP contribution in [0.2, 0.25) is 21.6 Å². The zero-order chi connectivity index (χ0) is 24.3. The van der Waals surface area contributed by atoms with E-state index >= 15 is 0 Å². The average molecular weight is 469 g/mol. The van der Waals surface area contributed by atoms with Gasteiger partial charge in [-0.2, -0.15) is 0 Å². The van der Waals surface area contributed by atoms with Crippen LogP contribution in [-0.2, 0) is 9.59 Å². The molecule has 172 valence electrons. The van der Waals surface area contributed by atoms with Crippen LogP contribution in [0.3, 0.4) is 0 Å². The molecular weight excluding hydrogens is 435 g/mol. The van der Waals surface area contributed by atoms with Gasteiger partial charge in [0.15, 0.2) is 5.82 Å². The zero-order valence-electron chi connectivity index (χ0n) is 19.9. The number of carbonyl (C=O) groups excluding carboxylic acids is 2. The van der Waals surface area contributed by atoms with E-state index in [0.29, 0.717) is 16.6 Å². The lowest BCUT2D eigenvalue weighted by Gasteiger charge is -2.38. The van der Waals surface area contributed by atoms with Gasteiger partial charge in [-0.3, -0.25) is 14.5 Å². The van der Waals surface area contributed by atoms with Crippen molar-refractivity contribution in [3.05, 3.63) is 23.0 Å². The Hall–Kier alpha value is -2.04. The van der Waals surface area contributed by atoms with Gasteiger partial charge in [0.25, 0.3) is 0 Å². The minimum atomic E-state index is -2.23. The van der Waals surface area contributed by atoms with Crippen molar-refractivity contribution >= 4 is 37.2 Å². The summed E-state index contributed by atoms with van der Waals surface area (Å²) in [5, 5.41) is 0.0974. The summed E-state index contributed by atoms with van der Waals surface area (Å²) in [4.78, 5) is 26.5. The molecule has 0 unspecified atom stereocenters. The maximum Gasteiger partial charge on any atom is 0.303 e. The first-order valence-corrected chi connectivity index (χ1v) is 13.0. The molecule has 0 aliphatic rings. The molecule has 5 nitrogen and oxygen atoms in total. The first-order chi connectivity index (χ1) is 14.1. The minimum absolute atomic E-state index is 0.0974. The van der Waals surface area contributed by atoms with Gasteiger partial charge in [0.2, 0.25) is 5.91 Å². The lowest BCUT2D eigenvalue weighted by molar-refractivity contribution is -0.125. The summed E-state index contributed by atoms with van der Waals surface area (Å²) in [5.74, 6) is 0.592. The zero-order valence-corrected chi connectivity index (χ0v) is 21.6. The van der Waals surface area contributed by atoms with E-state index < -0.39 is 31.2 Å². The van der Waals surface area contributed by atoms with Gasteiger partial charge >= 0.3 is 5.91 Å². The molecule has 1 aromatic carbocycles. The van der Waals surface area contributed by atoms with Crippen LogP contribution in [0.25, 0.3) is 0 Å². The van der Waals surface area contributed by atoms with Crippen LogP contribution < -0.4 is 15.4 Å². The summed E-state index contributed by atoms with van der Waals surface area (Å²) in [5.41, 5.74) is 8.07. The van der Waals surface area contributed by atoms with Crippen molar-refractivity contribution in [1.29, 1.82) is 0 Å². The molecule has 31 heavy (non-hydrogen) atoms. The fourth-order valence-electron chi connectivity index (χ4n) is 4.27. The summed E-state index contributed by atoms with van der Waals surface area (Å²) < 4.78 is 20.0. The lowest BCUT2D eigenvalue weighted by Crippen LogP contribution is -2.56. The number of rotatable bonds is 7. The van der Waals surface area contributed by atoms with Gasteiger partial charge in [0.05, 0.1) is 17.8 Å². The quantitative estimate of drug-likeness (QED) is 0.435. The van der Waals surface area contributed by atoms with Crippen LogP contribution >= 0.6 is 11.6 Å². The molecule has 0 aliphatic heterocycles. The normalized spacial score (nSPS) is 12.1. The molecule has 2 N–H and O–H groups in total. The third-order valence-corrected chi connectivity index (χ3v) is 12.7. The number of benzene rings is 1. The van der Waals surface area contributed by atoms with Crippen LogP contribution in [0.15, 0.2) is 12.1 Å². The van der Waals surface area contributed by atoms with Crippen LogP contribution in [0, 0.1) is 17.3 Å². The molecule has 0 aliphatic carbocycles. The van der Waals surface area contributed by atoms with Gasteiger partial charge in [-0.1, -0.05) is 53.1 Å². The number of hydrogen-bond donors (Lipinski definition) is 1. The molecule has 0 heterocycles. The highest BCUT2D eigenvalue weighted by atomic mass is 35.5. The Kier molecular flexibility index (Phi) is 8.75. The Morgan fingerprint density at radius 1 is 1.13 bits per heavy atom. The van der Waals surface area contributed by atoms with Crippen molar-refractivity contribution in [3.63, 3.8) is 0 Å². The van der Waals surface area contributed by atoms with Gasteiger partial charge in [0.1, 0.15) is 19.4 Å². The fraction of sp³-hybridized carbons (Fsp3) is 0.565. The molecule has 8 heteroatoms. The van der Waals surface area contributed by atoms with E-state index in [2.05, 4.69) is 53.0 Å². The molecule has 2 amide bonds. The third kappa shape index (κ3) is 5.24. The Morgan fingerprint density at radius 2 is 1.61 bits per heavy atom. The van der Waals surface area contributed by atoms with Crippen molar-refractivity contribution in [2.75, 3.05) is 12.0 Å². The number of hydrogen-bond acceptors (Lipinski definition) is 3. The monoisotopic (exact) mass is 468 g/mol. The summed E-state index contributed by atoms with van der Waals surface area (Å²) in [7, 11) is -0.870. The Balaban J connectivity index is 3.73. The highest BCUT2D eigenvalue weighted by Crippen LogP contribution is 2.41. The highest BCUT2D eigenvalue weighted by molar-refractivity contribution is 6.90. The third-order valence-electron chi connectivity index (χ3n) is 6.08. The van der Waals surface area contributed by atoms with Crippen molar-refractivity contribution in [2.45, 2.75) is 77.6 Å². The van der Waals surface area contributed by atoms with E-state index in [1.165, 1.54) is 27.0 Å². The predicted molar refractivity (Wildman–Crippen MR) is 128 cm³/mol. The maximum absolute atomic E-state index is 15.0. The van der Waals surface area contributed by atoms with Crippen molar-refractivity contribution in [1.82, 2.24) is 0 Å². The maximum atomic E-state index is 15.0. The molecule has 1 rings (SSSR count). The number of primary amides is 1. The summed E-state index contributed by atoms with van der Waals surface area (Å²) in [6.45, 7) is 15.6. The largest absolute Gasteiger partial charge is 0.495 e. The number of halogens is 2. The van der Waals surface area contributed by atoms with E-state index in [-0.39, 0.29) is 16.5 Å². The van der Waals surface area contributed by atoms with Crippen LogP contribution in [-0.4, -0.2) is 32.5 Å². The molecule has 0 saturated heterocycles. The van der Waals surface area contributed by atoms with Gasteiger partial charge in [-0.15, -0.1) is 5.54 Å².